The summed E-state index contributed by atoms with van der Waals surface area (Å²) in [7, 11) is 1.90. The lowest BCUT2D eigenvalue weighted by Gasteiger charge is -2.16. The number of carbonyl (C=O) groups is 1. The maximum atomic E-state index is 11.5. The highest BCUT2D eigenvalue weighted by molar-refractivity contribution is 5.78. The van der Waals surface area contributed by atoms with E-state index in [1.54, 1.807) is 0 Å². The number of likely N-dealkylation sites (N-methyl/N-ethyl adjacent to an activating group) is 1. The Balaban J connectivity index is 2.09. The first-order valence-electron chi connectivity index (χ1n) is 5.07. The zero-order valence-corrected chi connectivity index (χ0v) is 8.84. The molecule has 3 heteroatoms. The highest BCUT2D eigenvalue weighted by atomic mass is 16.2. The SMILES string of the molecule is CC(C)CNCC(=O)N(C)C1CC1. The standard InChI is InChI=1S/C10H20N2O/c1-8(2)6-11-7-10(13)12(3)9-4-5-9/h8-9,11H,4-7H2,1-3H3. The second kappa shape index (κ2) is 4.61. The van der Waals surface area contributed by atoms with Crippen molar-refractivity contribution in [3.05, 3.63) is 0 Å². The molecule has 1 aliphatic rings. The largest absolute Gasteiger partial charge is 0.342 e. The van der Waals surface area contributed by atoms with Crippen LogP contribution in [-0.2, 0) is 4.79 Å². The summed E-state index contributed by atoms with van der Waals surface area (Å²) in [6.07, 6.45) is 2.37. The number of carbonyl (C=O) groups excluding carboxylic acids is 1. The summed E-state index contributed by atoms with van der Waals surface area (Å²) >= 11 is 0. The Hall–Kier alpha value is -0.570. The van der Waals surface area contributed by atoms with Gasteiger partial charge in [-0.15, -0.1) is 0 Å². The van der Waals surface area contributed by atoms with Gasteiger partial charge in [-0.2, -0.15) is 0 Å². The van der Waals surface area contributed by atoms with Gasteiger partial charge in [-0.05, 0) is 25.3 Å². The molecule has 0 spiro atoms. The molecule has 1 saturated carbocycles. The van der Waals surface area contributed by atoms with E-state index in [0.29, 0.717) is 18.5 Å². The fourth-order valence-electron chi connectivity index (χ4n) is 1.26. The third-order valence-corrected chi connectivity index (χ3v) is 2.32. The van der Waals surface area contributed by atoms with Gasteiger partial charge >= 0.3 is 0 Å². The van der Waals surface area contributed by atoms with Gasteiger partial charge in [0.1, 0.15) is 0 Å². The van der Waals surface area contributed by atoms with Crippen molar-refractivity contribution in [3.8, 4) is 0 Å². The zero-order chi connectivity index (χ0) is 9.84. The van der Waals surface area contributed by atoms with Gasteiger partial charge in [-0.1, -0.05) is 13.8 Å². The lowest BCUT2D eigenvalue weighted by Crippen LogP contribution is -2.37. The first-order valence-corrected chi connectivity index (χ1v) is 5.07. The number of hydrogen-bond acceptors (Lipinski definition) is 2. The van der Waals surface area contributed by atoms with E-state index in [2.05, 4.69) is 19.2 Å². The number of nitrogens with one attached hydrogen (secondary N) is 1. The molecule has 1 N–H and O–H groups in total. The maximum absolute atomic E-state index is 11.5. The number of rotatable bonds is 5. The van der Waals surface area contributed by atoms with Crippen molar-refractivity contribution in [2.75, 3.05) is 20.1 Å². The Labute approximate surface area is 80.5 Å². The van der Waals surface area contributed by atoms with Crippen LogP contribution in [0.15, 0.2) is 0 Å². The first-order chi connectivity index (χ1) is 6.11. The van der Waals surface area contributed by atoms with Crippen LogP contribution in [0, 0.1) is 5.92 Å². The van der Waals surface area contributed by atoms with Crippen LogP contribution in [0.2, 0.25) is 0 Å². The van der Waals surface area contributed by atoms with E-state index in [1.807, 2.05) is 11.9 Å². The molecule has 13 heavy (non-hydrogen) atoms. The van der Waals surface area contributed by atoms with Crippen LogP contribution in [-0.4, -0.2) is 37.0 Å². The van der Waals surface area contributed by atoms with Crippen molar-refractivity contribution in [3.63, 3.8) is 0 Å². The molecule has 0 aromatic rings. The lowest BCUT2D eigenvalue weighted by molar-refractivity contribution is -0.129. The minimum absolute atomic E-state index is 0.225. The topological polar surface area (TPSA) is 32.3 Å². The van der Waals surface area contributed by atoms with Gasteiger partial charge < -0.3 is 10.2 Å². The van der Waals surface area contributed by atoms with Crippen molar-refractivity contribution >= 4 is 5.91 Å². The molecule has 0 bridgehead atoms. The molecule has 0 saturated heterocycles. The van der Waals surface area contributed by atoms with Crippen LogP contribution in [0.1, 0.15) is 26.7 Å². The maximum Gasteiger partial charge on any atom is 0.236 e. The molecule has 0 aromatic carbocycles. The minimum Gasteiger partial charge on any atom is -0.342 e. The van der Waals surface area contributed by atoms with Crippen molar-refractivity contribution in [2.45, 2.75) is 32.7 Å². The van der Waals surface area contributed by atoms with Gasteiger partial charge in [0, 0.05) is 13.1 Å². The average molecular weight is 184 g/mol. The molecule has 0 aliphatic heterocycles. The second-order valence-electron chi connectivity index (χ2n) is 4.26. The molecule has 1 aliphatic carbocycles. The fourth-order valence-corrected chi connectivity index (χ4v) is 1.26. The summed E-state index contributed by atoms with van der Waals surface area (Å²) in [6, 6.07) is 0.536. The predicted octanol–water partition coefficient (Wildman–Crippen LogP) is 0.853. The van der Waals surface area contributed by atoms with Crippen molar-refractivity contribution < 1.29 is 4.79 Å². The predicted molar refractivity (Wildman–Crippen MR) is 53.5 cm³/mol. The van der Waals surface area contributed by atoms with Gasteiger partial charge in [-0.25, -0.2) is 0 Å². The molecule has 0 aromatic heterocycles. The van der Waals surface area contributed by atoms with Crippen molar-refractivity contribution in [1.29, 1.82) is 0 Å². The Morgan fingerprint density at radius 1 is 1.54 bits per heavy atom. The molecule has 0 heterocycles. The molecule has 1 fully saturated rings. The Morgan fingerprint density at radius 2 is 2.15 bits per heavy atom. The highest BCUT2D eigenvalue weighted by Crippen LogP contribution is 2.24. The van der Waals surface area contributed by atoms with Gasteiger partial charge in [0.15, 0.2) is 0 Å². The van der Waals surface area contributed by atoms with Gasteiger partial charge in [0.05, 0.1) is 6.54 Å². The molecule has 3 nitrogen and oxygen atoms in total. The Bertz CT molecular complexity index is 176. The molecule has 76 valence electrons. The van der Waals surface area contributed by atoms with Crippen molar-refractivity contribution in [2.24, 2.45) is 5.92 Å². The van der Waals surface area contributed by atoms with Crippen LogP contribution in [0.5, 0.6) is 0 Å². The summed E-state index contributed by atoms with van der Waals surface area (Å²) in [4.78, 5) is 13.3. The highest BCUT2D eigenvalue weighted by Gasteiger charge is 2.28. The summed E-state index contributed by atoms with van der Waals surface area (Å²) in [5, 5.41) is 3.16. The van der Waals surface area contributed by atoms with Crippen LogP contribution in [0.25, 0.3) is 0 Å². The van der Waals surface area contributed by atoms with Gasteiger partial charge in [0.2, 0.25) is 5.91 Å². The minimum atomic E-state index is 0.225. The van der Waals surface area contributed by atoms with Crippen LogP contribution >= 0.6 is 0 Å². The van der Waals surface area contributed by atoms with E-state index in [9.17, 15) is 4.79 Å². The number of nitrogens with zero attached hydrogens (tertiary/aromatic N) is 1. The Morgan fingerprint density at radius 3 is 2.62 bits per heavy atom. The smallest absolute Gasteiger partial charge is 0.236 e. The van der Waals surface area contributed by atoms with Crippen LogP contribution in [0.3, 0.4) is 0 Å². The van der Waals surface area contributed by atoms with E-state index < -0.39 is 0 Å². The number of amides is 1. The third kappa shape index (κ3) is 3.77. The van der Waals surface area contributed by atoms with E-state index in [0.717, 1.165) is 6.54 Å². The lowest BCUT2D eigenvalue weighted by atomic mass is 10.2. The van der Waals surface area contributed by atoms with Crippen LogP contribution < -0.4 is 5.32 Å². The average Bonchev–Trinajstić information content (AvgIpc) is 2.84. The first kappa shape index (κ1) is 10.5. The molecule has 0 radical (unpaired) electrons. The summed E-state index contributed by atoms with van der Waals surface area (Å²) in [5.41, 5.74) is 0. The summed E-state index contributed by atoms with van der Waals surface area (Å²) in [6.45, 7) is 5.69. The van der Waals surface area contributed by atoms with Crippen LogP contribution in [0.4, 0.5) is 0 Å². The molecule has 1 rings (SSSR count). The van der Waals surface area contributed by atoms with E-state index in [4.69, 9.17) is 0 Å². The van der Waals surface area contributed by atoms with Crippen molar-refractivity contribution in [1.82, 2.24) is 10.2 Å². The Kier molecular flexibility index (Phi) is 3.72. The third-order valence-electron chi connectivity index (χ3n) is 2.32. The normalized spacial score (nSPS) is 16.3. The molecule has 1 amide bonds. The monoisotopic (exact) mass is 184 g/mol. The van der Waals surface area contributed by atoms with E-state index in [1.165, 1.54) is 12.8 Å². The molecule has 0 unspecified atom stereocenters. The second-order valence-corrected chi connectivity index (χ2v) is 4.26. The fraction of sp³-hybridized carbons (Fsp3) is 0.900. The molecular formula is C10H20N2O. The number of hydrogen-bond donors (Lipinski definition) is 1. The molecule has 0 atom stereocenters. The molecular weight excluding hydrogens is 164 g/mol. The van der Waals surface area contributed by atoms with Gasteiger partial charge in [-0.3, -0.25) is 4.79 Å². The summed E-state index contributed by atoms with van der Waals surface area (Å²) < 4.78 is 0. The quantitative estimate of drug-likeness (QED) is 0.687. The van der Waals surface area contributed by atoms with E-state index >= 15 is 0 Å². The zero-order valence-electron chi connectivity index (χ0n) is 8.84. The van der Waals surface area contributed by atoms with Gasteiger partial charge in [0.25, 0.3) is 0 Å². The van der Waals surface area contributed by atoms with E-state index in [-0.39, 0.29) is 5.91 Å². The summed E-state index contributed by atoms with van der Waals surface area (Å²) in [5.74, 6) is 0.835.